The van der Waals surface area contributed by atoms with Gasteiger partial charge in [-0.3, -0.25) is 4.79 Å². The number of rotatable bonds is 5. The van der Waals surface area contributed by atoms with Crippen LogP contribution in [0, 0.1) is 18.7 Å². The van der Waals surface area contributed by atoms with Crippen LogP contribution in [-0.2, 0) is 0 Å². The van der Waals surface area contributed by atoms with Gasteiger partial charge in [0.2, 0.25) is 0 Å². The van der Waals surface area contributed by atoms with Gasteiger partial charge < -0.3 is 9.80 Å². The maximum absolute atomic E-state index is 13.3. The number of halogens is 1. The Morgan fingerprint density at radius 3 is 2.22 bits per heavy atom. The summed E-state index contributed by atoms with van der Waals surface area (Å²) >= 11 is 0. The number of benzene rings is 2. The van der Waals surface area contributed by atoms with Gasteiger partial charge in [-0.2, -0.15) is 0 Å². The Hall–Kier alpha value is -2.20. The van der Waals surface area contributed by atoms with Gasteiger partial charge in [-0.25, -0.2) is 4.39 Å². The van der Waals surface area contributed by atoms with Gasteiger partial charge in [0.15, 0.2) is 0 Å². The molecule has 1 saturated heterocycles. The lowest BCUT2D eigenvalue weighted by Gasteiger charge is -2.39. The molecule has 1 heterocycles. The zero-order valence-corrected chi connectivity index (χ0v) is 16.5. The molecule has 2 aromatic carbocycles. The largest absolute Gasteiger partial charge is 0.305 e. The highest BCUT2D eigenvalue weighted by molar-refractivity contribution is 6.06. The van der Waals surface area contributed by atoms with Crippen molar-refractivity contribution in [1.29, 1.82) is 0 Å². The van der Waals surface area contributed by atoms with E-state index in [1.165, 1.54) is 17.7 Å². The topological polar surface area (TPSA) is 23.6 Å². The van der Waals surface area contributed by atoms with Crippen LogP contribution in [0.3, 0.4) is 0 Å². The molecule has 3 nitrogen and oxygen atoms in total. The van der Waals surface area contributed by atoms with E-state index in [0.717, 1.165) is 38.2 Å². The van der Waals surface area contributed by atoms with Crippen molar-refractivity contribution < 1.29 is 9.18 Å². The molecule has 0 unspecified atom stereocenters. The Labute approximate surface area is 161 Å². The summed E-state index contributed by atoms with van der Waals surface area (Å²) in [4.78, 5) is 17.7. The number of carbonyl (C=O) groups is 1. The summed E-state index contributed by atoms with van der Waals surface area (Å²) in [6.45, 7) is 9.62. The van der Waals surface area contributed by atoms with E-state index < -0.39 is 0 Å². The second kappa shape index (κ2) is 8.66. The first-order chi connectivity index (χ1) is 12.9. The summed E-state index contributed by atoms with van der Waals surface area (Å²) in [5.41, 5.74) is 2.61. The molecule has 27 heavy (non-hydrogen) atoms. The van der Waals surface area contributed by atoms with E-state index >= 15 is 0 Å². The molecule has 1 amide bonds. The van der Waals surface area contributed by atoms with Gasteiger partial charge in [-0.15, -0.1) is 0 Å². The van der Waals surface area contributed by atoms with Crippen LogP contribution in [0.1, 0.15) is 42.6 Å². The third-order valence-electron chi connectivity index (χ3n) is 5.17. The van der Waals surface area contributed by atoms with E-state index in [-0.39, 0.29) is 17.8 Å². The van der Waals surface area contributed by atoms with Crippen LogP contribution in [0.4, 0.5) is 10.1 Å². The van der Waals surface area contributed by atoms with Gasteiger partial charge in [0.05, 0.1) is 0 Å². The van der Waals surface area contributed by atoms with Gasteiger partial charge in [0, 0.05) is 36.9 Å². The van der Waals surface area contributed by atoms with E-state index in [9.17, 15) is 9.18 Å². The number of piperidine rings is 1. The summed E-state index contributed by atoms with van der Waals surface area (Å²) < 4.78 is 13.3. The molecule has 0 aliphatic carbocycles. The third kappa shape index (κ3) is 4.95. The summed E-state index contributed by atoms with van der Waals surface area (Å²) in [6, 6.07) is 14.1. The molecule has 1 aliphatic heterocycles. The first kappa shape index (κ1) is 19.6. The Morgan fingerprint density at radius 1 is 1.07 bits per heavy atom. The number of nitrogens with zero attached hydrogens (tertiary/aromatic N) is 2. The lowest BCUT2D eigenvalue weighted by molar-refractivity contribution is 0.0957. The second-order valence-corrected chi connectivity index (χ2v) is 7.94. The molecule has 1 aliphatic rings. The number of amides is 1. The van der Waals surface area contributed by atoms with E-state index in [0.29, 0.717) is 11.5 Å². The lowest BCUT2D eigenvalue weighted by Crippen LogP contribution is -2.48. The van der Waals surface area contributed by atoms with Gasteiger partial charge in [-0.1, -0.05) is 31.5 Å². The van der Waals surface area contributed by atoms with Crippen LogP contribution in [-0.4, -0.2) is 36.5 Å². The van der Waals surface area contributed by atoms with Gasteiger partial charge >= 0.3 is 0 Å². The normalized spacial score (nSPS) is 15.9. The maximum Gasteiger partial charge on any atom is 0.258 e. The Morgan fingerprint density at radius 2 is 1.67 bits per heavy atom. The minimum atomic E-state index is -0.324. The first-order valence-corrected chi connectivity index (χ1v) is 9.82. The Kier molecular flexibility index (Phi) is 6.27. The monoisotopic (exact) mass is 368 g/mol. The molecule has 144 valence electrons. The van der Waals surface area contributed by atoms with Crippen molar-refractivity contribution in [2.45, 2.75) is 39.7 Å². The first-order valence-electron chi connectivity index (χ1n) is 9.82. The minimum Gasteiger partial charge on any atom is -0.305 e. The molecule has 3 rings (SSSR count). The molecule has 0 radical (unpaired) electrons. The number of hydrogen-bond acceptors (Lipinski definition) is 2. The smallest absolute Gasteiger partial charge is 0.258 e. The summed E-state index contributed by atoms with van der Waals surface area (Å²) in [6.07, 6.45) is 1.90. The molecule has 0 aromatic heterocycles. The van der Waals surface area contributed by atoms with Crippen molar-refractivity contribution in [3.63, 3.8) is 0 Å². The van der Waals surface area contributed by atoms with Crippen molar-refractivity contribution in [2.75, 3.05) is 24.5 Å². The molecule has 0 N–H and O–H groups in total. The van der Waals surface area contributed by atoms with E-state index in [1.54, 1.807) is 12.1 Å². The summed E-state index contributed by atoms with van der Waals surface area (Å²) in [7, 11) is 0. The van der Waals surface area contributed by atoms with Crippen molar-refractivity contribution in [1.82, 2.24) is 4.90 Å². The molecule has 0 saturated carbocycles. The van der Waals surface area contributed by atoms with E-state index in [1.807, 2.05) is 36.1 Å². The van der Waals surface area contributed by atoms with E-state index in [4.69, 9.17) is 0 Å². The lowest BCUT2D eigenvalue weighted by atomic mass is 9.99. The zero-order valence-electron chi connectivity index (χ0n) is 16.5. The fraction of sp³-hybridized carbons (Fsp3) is 0.435. The highest BCUT2D eigenvalue weighted by Gasteiger charge is 2.30. The Bertz CT molecular complexity index is 747. The predicted molar refractivity (Wildman–Crippen MR) is 109 cm³/mol. The fourth-order valence-corrected chi connectivity index (χ4v) is 3.81. The second-order valence-electron chi connectivity index (χ2n) is 7.94. The molecule has 2 aromatic rings. The number of aryl methyl sites for hydroxylation is 1. The number of carbonyl (C=O) groups excluding carboxylic acids is 1. The molecule has 1 fully saturated rings. The van der Waals surface area contributed by atoms with Crippen molar-refractivity contribution in [3.05, 3.63) is 65.5 Å². The van der Waals surface area contributed by atoms with Crippen LogP contribution in [0.5, 0.6) is 0 Å². The van der Waals surface area contributed by atoms with Crippen molar-refractivity contribution in [3.8, 4) is 0 Å². The zero-order chi connectivity index (χ0) is 19.4. The van der Waals surface area contributed by atoms with Crippen LogP contribution >= 0.6 is 0 Å². The quantitative estimate of drug-likeness (QED) is 0.749. The van der Waals surface area contributed by atoms with Crippen molar-refractivity contribution in [2.24, 2.45) is 5.92 Å². The van der Waals surface area contributed by atoms with Crippen LogP contribution in [0.15, 0.2) is 48.5 Å². The molecular formula is C23H29FN2O. The molecular weight excluding hydrogens is 339 g/mol. The predicted octanol–water partition coefficient (Wildman–Crippen LogP) is 4.90. The highest BCUT2D eigenvalue weighted by Crippen LogP contribution is 2.26. The van der Waals surface area contributed by atoms with Gasteiger partial charge in [0.25, 0.3) is 5.91 Å². The molecule has 0 spiro atoms. The number of anilines is 1. The van der Waals surface area contributed by atoms with Crippen LogP contribution in [0.25, 0.3) is 0 Å². The standard InChI is InChI=1S/C23H29FN2O/c1-17(2)16-25-14-12-22(13-15-25)26(21-10-4-18(3)5-11-21)23(27)19-6-8-20(24)9-7-19/h4-11,17,22H,12-16H2,1-3H3. The minimum absolute atomic E-state index is 0.0545. The Balaban J connectivity index is 1.83. The highest BCUT2D eigenvalue weighted by atomic mass is 19.1. The van der Waals surface area contributed by atoms with Crippen LogP contribution < -0.4 is 4.90 Å². The van der Waals surface area contributed by atoms with E-state index in [2.05, 4.69) is 18.7 Å². The average molecular weight is 368 g/mol. The molecule has 0 bridgehead atoms. The molecule has 0 atom stereocenters. The third-order valence-corrected chi connectivity index (χ3v) is 5.17. The van der Waals surface area contributed by atoms with Crippen molar-refractivity contribution >= 4 is 11.6 Å². The number of likely N-dealkylation sites (tertiary alicyclic amines) is 1. The number of hydrogen-bond donors (Lipinski definition) is 0. The van der Waals surface area contributed by atoms with Gasteiger partial charge in [-0.05, 0) is 62.1 Å². The summed E-state index contributed by atoms with van der Waals surface area (Å²) in [5.74, 6) is 0.271. The average Bonchev–Trinajstić information content (AvgIpc) is 2.65. The van der Waals surface area contributed by atoms with Gasteiger partial charge in [0.1, 0.15) is 5.82 Å². The maximum atomic E-state index is 13.3. The summed E-state index contributed by atoms with van der Waals surface area (Å²) in [5, 5.41) is 0. The SMILES string of the molecule is Cc1ccc(N(C(=O)c2ccc(F)cc2)C2CCN(CC(C)C)CC2)cc1. The van der Waals surface area contributed by atoms with Crippen LogP contribution in [0.2, 0.25) is 0 Å². The fourth-order valence-electron chi connectivity index (χ4n) is 3.81. The molecule has 4 heteroatoms.